The molecule has 1 aliphatic heterocycles. The van der Waals surface area contributed by atoms with E-state index in [0.717, 1.165) is 39.7 Å². The molecular formula is C27H24N4O. The van der Waals surface area contributed by atoms with Crippen LogP contribution in [0.25, 0.3) is 16.8 Å². The summed E-state index contributed by atoms with van der Waals surface area (Å²) in [5.41, 5.74) is 13.2. The third-order valence-electron chi connectivity index (χ3n) is 5.62. The van der Waals surface area contributed by atoms with E-state index in [1.165, 1.54) is 0 Å². The maximum atomic E-state index is 6.71. The van der Waals surface area contributed by atoms with Crippen molar-refractivity contribution in [2.24, 2.45) is 0 Å². The van der Waals surface area contributed by atoms with E-state index in [1.807, 2.05) is 72.8 Å². The molecule has 0 unspecified atom stereocenters. The summed E-state index contributed by atoms with van der Waals surface area (Å²) in [6.45, 7) is 0.623. The second-order valence-corrected chi connectivity index (χ2v) is 7.51. The quantitative estimate of drug-likeness (QED) is 0.427. The Kier molecular flexibility index (Phi) is 5.22. The monoisotopic (exact) mass is 420 g/mol. The van der Waals surface area contributed by atoms with Gasteiger partial charge in [-0.2, -0.15) is 0 Å². The first-order chi connectivity index (χ1) is 15.8. The van der Waals surface area contributed by atoms with Gasteiger partial charge in [-0.15, -0.1) is 0 Å². The van der Waals surface area contributed by atoms with Crippen LogP contribution < -0.4 is 15.8 Å². The van der Waals surface area contributed by atoms with Crippen LogP contribution in [0.3, 0.4) is 0 Å². The van der Waals surface area contributed by atoms with Crippen molar-refractivity contribution >= 4 is 22.6 Å². The van der Waals surface area contributed by atoms with Gasteiger partial charge in [0.1, 0.15) is 0 Å². The Hall–Kier alpha value is -4.25. The molecule has 2 N–H and O–H groups in total. The second kappa shape index (κ2) is 8.47. The van der Waals surface area contributed by atoms with Crippen LogP contribution in [0.15, 0.2) is 109 Å². The first-order valence-electron chi connectivity index (χ1n) is 10.5. The summed E-state index contributed by atoms with van der Waals surface area (Å²) in [6, 6.07) is 32.4. The number of hydrogen-bond acceptors (Lipinski definition) is 5. The van der Waals surface area contributed by atoms with Gasteiger partial charge in [0, 0.05) is 28.6 Å². The molecule has 4 aromatic rings. The highest BCUT2D eigenvalue weighted by molar-refractivity contribution is 5.91. The van der Waals surface area contributed by atoms with E-state index in [4.69, 9.17) is 10.5 Å². The Morgan fingerprint density at radius 2 is 1.41 bits per heavy atom. The van der Waals surface area contributed by atoms with E-state index >= 15 is 0 Å². The standard InChI is InChI=1S/C27H24N4O/c1-32-27-24(22-15-10-16-23(26(22)28)25-17-8-9-18-29-25)19-30(20-11-4-2-5-12-20)31(27)21-13-6-3-7-14-21/h2-18H,19,28H2,1H3. The summed E-state index contributed by atoms with van der Waals surface area (Å²) in [7, 11) is 1.71. The number of anilines is 3. The normalized spacial score (nSPS) is 13.5. The zero-order chi connectivity index (χ0) is 21.9. The van der Waals surface area contributed by atoms with Gasteiger partial charge in [-0.05, 0) is 36.4 Å². The van der Waals surface area contributed by atoms with Crippen molar-refractivity contribution < 1.29 is 4.74 Å². The minimum Gasteiger partial charge on any atom is -0.481 e. The van der Waals surface area contributed by atoms with E-state index < -0.39 is 0 Å². The van der Waals surface area contributed by atoms with Crippen molar-refractivity contribution in [3.63, 3.8) is 0 Å². The number of methoxy groups -OCH3 is 1. The molecule has 1 aromatic heterocycles. The molecule has 5 heteroatoms. The molecule has 5 rings (SSSR count). The molecule has 0 bridgehead atoms. The lowest BCUT2D eigenvalue weighted by Crippen LogP contribution is -2.38. The molecule has 0 saturated heterocycles. The molecule has 158 valence electrons. The average molecular weight is 421 g/mol. The summed E-state index contributed by atoms with van der Waals surface area (Å²) < 4.78 is 5.99. The minimum atomic E-state index is 0.623. The van der Waals surface area contributed by atoms with Crippen molar-refractivity contribution in [2.45, 2.75) is 0 Å². The van der Waals surface area contributed by atoms with E-state index in [-0.39, 0.29) is 0 Å². The van der Waals surface area contributed by atoms with E-state index in [0.29, 0.717) is 12.2 Å². The Labute approximate surface area is 188 Å². The molecule has 32 heavy (non-hydrogen) atoms. The van der Waals surface area contributed by atoms with Gasteiger partial charge in [0.15, 0.2) is 0 Å². The highest BCUT2D eigenvalue weighted by atomic mass is 16.5. The van der Waals surface area contributed by atoms with Gasteiger partial charge in [0.25, 0.3) is 0 Å². The summed E-state index contributed by atoms with van der Waals surface area (Å²) in [5, 5.41) is 4.31. The number of pyridine rings is 1. The van der Waals surface area contributed by atoms with Gasteiger partial charge in [-0.3, -0.25) is 9.99 Å². The smallest absolute Gasteiger partial charge is 0.219 e. The first-order valence-corrected chi connectivity index (χ1v) is 10.5. The fourth-order valence-electron chi connectivity index (χ4n) is 4.14. The molecule has 5 nitrogen and oxygen atoms in total. The van der Waals surface area contributed by atoms with E-state index in [9.17, 15) is 0 Å². The fraction of sp³-hybridized carbons (Fsp3) is 0.0741. The van der Waals surface area contributed by atoms with Crippen molar-refractivity contribution in [1.82, 2.24) is 4.98 Å². The van der Waals surface area contributed by atoms with Crippen LogP contribution in [0.4, 0.5) is 17.1 Å². The number of nitrogens with two attached hydrogens (primary N) is 1. The number of ether oxygens (including phenoxy) is 1. The first kappa shape index (κ1) is 19.7. The lowest BCUT2D eigenvalue weighted by atomic mass is 9.98. The number of aromatic nitrogens is 1. The van der Waals surface area contributed by atoms with Crippen LogP contribution in [0.5, 0.6) is 0 Å². The van der Waals surface area contributed by atoms with Gasteiger partial charge in [0.2, 0.25) is 5.88 Å². The number of para-hydroxylation sites is 3. The van der Waals surface area contributed by atoms with Crippen molar-refractivity contribution in [3.05, 3.63) is 115 Å². The van der Waals surface area contributed by atoms with Crippen LogP contribution in [0.2, 0.25) is 0 Å². The van der Waals surface area contributed by atoms with E-state index in [2.05, 4.69) is 39.3 Å². The highest BCUT2D eigenvalue weighted by Crippen LogP contribution is 2.41. The molecule has 0 radical (unpaired) electrons. The lowest BCUT2D eigenvalue weighted by Gasteiger charge is -2.32. The minimum absolute atomic E-state index is 0.623. The summed E-state index contributed by atoms with van der Waals surface area (Å²) >= 11 is 0. The third-order valence-corrected chi connectivity index (χ3v) is 5.62. The Morgan fingerprint density at radius 1 is 0.750 bits per heavy atom. The number of hydrazine groups is 1. The SMILES string of the molecule is COC1=C(c2cccc(-c3ccccn3)c2N)CN(c2ccccc2)N1c1ccccc1. The summed E-state index contributed by atoms with van der Waals surface area (Å²) in [6.07, 6.45) is 1.78. The molecule has 3 aromatic carbocycles. The van der Waals surface area contributed by atoms with Crippen LogP contribution in [-0.2, 0) is 4.74 Å². The molecule has 0 aliphatic carbocycles. The van der Waals surface area contributed by atoms with Crippen LogP contribution >= 0.6 is 0 Å². The predicted molar refractivity (Wildman–Crippen MR) is 131 cm³/mol. The molecule has 0 fully saturated rings. The topological polar surface area (TPSA) is 54.6 Å². The molecule has 0 atom stereocenters. The fourth-order valence-corrected chi connectivity index (χ4v) is 4.14. The summed E-state index contributed by atoms with van der Waals surface area (Å²) in [4.78, 5) is 4.49. The third kappa shape index (κ3) is 3.44. The Morgan fingerprint density at radius 3 is 2.06 bits per heavy atom. The number of rotatable bonds is 5. The molecule has 0 amide bonds. The predicted octanol–water partition coefficient (Wildman–Crippen LogP) is 5.59. The van der Waals surface area contributed by atoms with Crippen LogP contribution in [-0.4, -0.2) is 18.6 Å². The number of nitrogen functional groups attached to an aromatic ring is 1. The molecular weight excluding hydrogens is 396 g/mol. The average Bonchev–Trinajstić information content (AvgIpc) is 3.25. The van der Waals surface area contributed by atoms with Crippen molar-refractivity contribution in [1.29, 1.82) is 0 Å². The van der Waals surface area contributed by atoms with Gasteiger partial charge in [0.05, 0.1) is 30.7 Å². The highest BCUT2D eigenvalue weighted by Gasteiger charge is 2.34. The Balaban J connectivity index is 1.67. The maximum Gasteiger partial charge on any atom is 0.219 e. The molecule has 1 aliphatic rings. The molecule has 2 heterocycles. The molecule has 0 spiro atoms. The molecule has 0 saturated carbocycles. The van der Waals surface area contributed by atoms with Crippen LogP contribution in [0.1, 0.15) is 5.56 Å². The van der Waals surface area contributed by atoms with Crippen molar-refractivity contribution in [2.75, 3.05) is 29.4 Å². The second-order valence-electron chi connectivity index (χ2n) is 7.51. The zero-order valence-electron chi connectivity index (χ0n) is 17.8. The largest absolute Gasteiger partial charge is 0.481 e. The van der Waals surface area contributed by atoms with E-state index in [1.54, 1.807) is 13.3 Å². The summed E-state index contributed by atoms with van der Waals surface area (Å²) in [5.74, 6) is 0.755. The van der Waals surface area contributed by atoms with Gasteiger partial charge < -0.3 is 10.5 Å². The number of hydrogen-bond donors (Lipinski definition) is 1. The van der Waals surface area contributed by atoms with Gasteiger partial charge >= 0.3 is 0 Å². The number of benzene rings is 3. The maximum absolute atomic E-state index is 6.71. The number of nitrogens with zero attached hydrogens (tertiary/aromatic N) is 3. The van der Waals surface area contributed by atoms with Crippen molar-refractivity contribution in [3.8, 4) is 11.3 Å². The van der Waals surface area contributed by atoms with Crippen LogP contribution in [0, 0.1) is 0 Å². The van der Waals surface area contributed by atoms with Gasteiger partial charge in [-0.25, -0.2) is 5.01 Å². The lowest BCUT2D eigenvalue weighted by molar-refractivity contribution is 0.285. The van der Waals surface area contributed by atoms with Gasteiger partial charge in [-0.1, -0.05) is 60.7 Å². The Bertz CT molecular complexity index is 1240. The zero-order valence-corrected chi connectivity index (χ0v) is 17.8.